The van der Waals surface area contributed by atoms with Gasteiger partial charge in [0.1, 0.15) is 0 Å². The third-order valence-electron chi connectivity index (χ3n) is 5.62. The molecule has 2 N–H and O–H groups in total. The van der Waals surface area contributed by atoms with Gasteiger partial charge in [-0.05, 0) is 42.3 Å². The number of nitrogens with one attached hydrogen (secondary N) is 2. The number of aryl methyl sites for hydroxylation is 1. The lowest BCUT2D eigenvalue weighted by Crippen LogP contribution is -2.36. The molecule has 31 heavy (non-hydrogen) atoms. The van der Waals surface area contributed by atoms with E-state index < -0.39 is 0 Å². The number of benzene rings is 2. The van der Waals surface area contributed by atoms with Crippen LogP contribution in [0.15, 0.2) is 54.7 Å². The van der Waals surface area contributed by atoms with E-state index in [1.807, 2.05) is 54.7 Å². The fraction of sp³-hybridized carbons (Fsp3) is 0.333. The Labute approximate surface area is 182 Å². The van der Waals surface area contributed by atoms with Crippen LogP contribution in [-0.4, -0.2) is 61.6 Å². The lowest BCUT2D eigenvalue weighted by molar-refractivity contribution is -0.133. The Morgan fingerprint density at radius 2 is 1.84 bits per heavy atom. The van der Waals surface area contributed by atoms with Gasteiger partial charge in [0, 0.05) is 55.0 Å². The number of fused-ring (bicyclic) bond motifs is 1. The molecule has 0 atom stereocenters. The summed E-state index contributed by atoms with van der Waals surface area (Å²) in [6.07, 6.45) is 2.95. The van der Waals surface area contributed by atoms with Crippen LogP contribution in [-0.2, 0) is 20.7 Å². The number of aromatic nitrogens is 1. The van der Waals surface area contributed by atoms with Gasteiger partial charge in [0.2, 0.25) is 11.8 Å². The smallest absolute Gasteiger partial charge is 0.243 e. The fourth-order valence-corrected chi connectivity index (χ4v) is 3.85. The first kappa shape index (κ1) is 20.9. The van der Waals surface area contributed by atoms with Gasteiger partial charge in [-0.3, -0.25) is 9.59 Å². The van der Waals surface area contributed by atoms with Gasteiger partial charge in [-0.2, -0.15) is 0 Å². The highest BCUT2D eigenvalue weighted by atomic mass is 16.5. The summed E-state index contributed by atoms with van der Waals surface area (Å²) in [4.78, 5) is 31.9. The number of amides is 2. The molecule has 4 rings (SSSR count). The Balaban J connectivity index is 1.25. The van der Waals surface area contributed by atoms with E-state index >= 15 is 0 Å². The van der Waals surface area contributed by atoms with Crippen molar-refractivity contribution in [2.45, 2.75) is 12.8 Å². The zero-order valence-electron chi connectivity index (χ0n) is 17.8. The van der Waals surface area contributed by atoms with Crippen molar-refractivity contribution < 1.29 is 14.3 Å². The molecule has 0 unspecified atom stereocenters. The molecule has 2 aromatic carbocycles. The van der Waals surface area contributed by atoms with Gasteiger partial charge in [0.05, 0.1) is 19.8 Å². The van der Waals surface area contributed by atoms with Crippen molar-refractivity contribution >= 4 is 34.1 Å². The van der Waals surface area contributed by atoms with Crippen molar-refractivity contribution in [1.82, 2.24) is 9.88 Å². The molecule has 162 valence electrons. The number of aromatic amines is 1. The molecule has 1 fully saturated rings. The third kappa shape index (κ3) is 5.24. The van der Waals surface area contributed by atoms with Gasteiger partial charge < -0.3 is 24.8 Å². The Kier molecular flexibility index (Phi) is 6.52. The summed E-state index contributed by atoms with van der Waals surface area (Å²) in [6, 6.07) is 15.8. The SMILES string of the molecule is CN(CC(=O)Nc1ccc(N2CCOCC2)cc1)C(=O)CCc1c[nH]c2ccccc12. The van der Waals surface area contributed by atoms with Crippen LogP contribution < -0.4 is 10.2 Å². The lowest BCUT2D eigenvalue weighted by atomic mass is 10.1. The molecule has 1 aromatic heterocycles. The zero-order valence-corrected chi connectivity index (χ0v) is 17.8. The first-order valence-corrected chi connectivity index (χ1v) is 10.6. The number of anilines is 2. The van der Waals surface area contributed by atoms with E-state index in [0.29, 0.717) is 12.8 Å². The Hall–Kier alpha value is -3.32. The lowest BCUT2D eigenvalue weighted by Gasteiger charge is -2.28. The molecule has 0 aliphatic carbocycles. The highest BCUT2D eigenvalue weighted by Crippen LogP contribution is 2.20. The van der Waals surface area contributed by atoms with Gasteiger partial charge >= 0.3 is 0 Å². The predicted molar refractivity (Wildman–Crippen MR) is 122 cm³/mol. The van der Waals surface area contributed by atoms with E-state index in [1.165, 1.54) is 4.90 Å². The standard InChI is InChI=1S/C24H28N4O3/c1-27(24(30)11-6-18-16-25-22-5-3-2-4-21(18)22)17-23(29)26-19-7-9-20(10-8-19)28-12-14-31-15-13-28/h2-5,7-10,16,25H,6,11-15,17H2,1H3,(H,26,29). The maximum absolute atomic E-state index is 12.5. The van der Waals surface area contributed by atoms with Gasteiger partial charge in [-0.1, -0.05) is 18.2 Å². The third-order valence-corrected chi connectivity index (χ3v) is 5.62. The summed E-state index contributed by atoms with van der Waals surface area (Å²) in [5.74, 6) is -0.259. The van der Waals surface area contributed by atoms with Crippen LogP contribution in [0.2, 0.25) is 0 Å². The number of hydrogen-bond acceptors (Lipinski definition) is 4. The normalized spacial score (nSPS) is 13.9. The first-order chi connectivity index (χ1) is 15.1. The molecule has 7 heteroatoms. The van der Waals surface area contributed by atoms with Gasteiger partial charge in [-0.25, -0.2) is 0 Å². The Bertz CT molecular complexity index is 1040. The molecule has 1 aliphatic rings. The second-order valence-electron chi connectivity index (χ2n) is 7.80. The first-order valence-electron chi connectivity index (χ1n) is 10.6. The minimum Gasteiger partial charge on any atom is -0.378 e. The maximum Gasteiger partial charge on any atom is 0.243 e. The number of morpholine rings is 1. The van der Waals surface area contributed by atoms with Crippen LogP contribution in [0.25, 0.3) is 10.9 Å². The number of ether oxygens (including phenoxy) is 1. The van der Waals surface area contributed by atoms with Crippen LogP contribution in [0, 0.1) is 0 Å². The number of hydrogen-bond donors (Lipinski definition) is 2. The van der Waals surface area contributed by atoms with Crippen molar-refractivity contribution in [2.24, 2.45) is 0 Å². The van der Waals surface area contributed by atoms with Crippen LogP contribution in [0.5, 0.6) is 0 Å². The van der Waals surface area contributed by atoms with Gasteiger partial charge in [0.25, 0.3) is 0 Å². The van der Waals surface area contributed by atoms with Crippen molar-refractivity contribution in [3.63, 3.8) is 0 Å². The van der Waals surface area contributed by atoms with Crippen LogP contribution in [0.3, 0.4) is 0 Å². The molecule has 1 saturated heterocycles. The molecule has 0 spiro atoms. The average molecular weight is 421 g/mol. The second kappa shape index (κ2) is 9.66. The monoisotopic (exact) mass is 420 g/mol. The van der Waals surface area contributed by atoms with Crippen molar-refractivity contribution in [3.8, 4) is 0 Å². The van der Waals surface area contributed by atoms with Gasteiger partial charge in [0.15, 0.2) is 0 Å². The highest BCUT2D eigenvalue weighted by molar-refractivity contribution is 5.94. The zero-order chi connectivity index (χ0) is 21.6. The van der Waals surface area contributed by atoms with Crippen molar-refractivity contribution in [2.75, 3.05) is 50.1 Å². The molecular weight excluding hydrogens is 392 g/mol. The van der Waals surface area contributed by atoms with E-state index in [1.54, 1.807) is 7.05 Å². The summed E-state index contributed by atoms with van der Waals surface area (Å²) in [5, 5.41) is 4.01. The maximum atomic E-state index is 12.5. The molecule has 0 bridgehead atoms. The molecule has 0 radical (unpaired) electrons. The number of para-hydroxylation sites is 1. The predicted octanol–water partition coefficient (Wildman–Crippen LogP) is 3.03. The minimum atomic E-state index is -0.206. The molecule has 0 saturated carbocycles. The summed E-state index contributed by atoms with van der Waals surface area (Å²) in [6.45, 7) is 3.24. The second-order valence-corrected chi connectivity index (χ2v) is 7.80. The van der Waals surface area contributed by atoms with E-state index in [-0.39, 0.29) is 18.4 Å². The molecule has 2 heterocycles. The summed E-state index contributed by atoms with van der Waals surface area (Å²) < 4.78 is 5.38. The number of nitrogens with zero attached hydrogens (tertiary/aromatic N) is 2. The van der Waals surface area contributed by atoms with Crippen LogP contribution >= 0.6 is 0 Å². The molecule has 3 aromatic rings. The number of carbonyl (C=O) groups is 2. The van der Waals surface area contributed by atoms with Crippen molar-refractivity contribution in [1.29, 1.82) is 0 Å². The van der Waals surface area contributed by atoms with E-state index in [4.69, 9.17) is 4.74 Å². The average Bonchev–Trinajstić information content (AvgIpc) is 3.21. The minimum absolute atomic E-state index is 0.0257. The Morgan fingerprint density at radius 1 is 1.10 bits per heavy atom. The fourth-order valence-electron chi connectivity index (χ4n) is 3.85. The largest absolute Gasteiger partial charge is 0.378 e. The van der Waals surface area contributed by atoms with E-state index in [2.05, 4.69) is 15.2 Å². The van der Waals surface area contributed by atoms with Crippen molar-refractivity contribution in [3.05, 3.63) is 60.3 Å². The van der Waals surface area contributed by atoms with Crippen LogP contribution in [0.1, 0.15) is 12.0 Å². The number of rotatable bonds is 7. The van der Waals surface area contributed by atoms with Gasteiger partial charge in [-0.15, -0.1) is 0 Å². The molecular formula is C24H28N4O3. The number of H-pyrrole nitrogens is 1. The van der Waals surface area contributed by atoms with Crippen LogP contribution in [0.4, 0.5) is 11.4 Å². The Morgan fingerprint density at radius 3 is 2.61 bits per heavy atom. The molecule has 1 aliphatic heterocycles. The van der Waals surface area contributed by atoms with E-state index in [9.17, 15) is 9.59 Å². The topological polar surface area (TPSA) is 77.7 Å². The summed E-state index contributed by atoms with van der Waals surface area (Å²) >= 11 is 0. The highest BCUT2D eigenvalue weighted by Gasteiger charge is 2.15. The summed E-state index contributed by atoms with van der Waals surface area (Å²) in [5.41, 5.74) is 4.02. The summed E-state index contributed by atoms with van der Waals surface area (Å²) in [7, 11) is 1.67. The van der Waals surface area contributed by atoms with E-state index in [0.717, 1.165) is 54.1 Å². The number of likely N-dealkylation sites (N-methyl/N-ethyl adjacent to an activating group) is 1. The quantitative estimate of drug-likeness (QED) is 0.616. The number of carbonyl (C=O) groups excluding carboxylic acids is 2. The molecule has 2 amide bonds. The molecule has 7 nitrogen and oxygen atoms in total.